The van der Waals surface area contributed by atoms with Crippen LogP contribution in [0.2, 0.25) is 10.0 Å². The number of hydrogen-bond donors (Lipinski definition) is 1. The monoisotopic (exact) mass is 490 g/mol. The smallest absolute Gasteiger partial charge is 0.307 e. The minimum Gasteiger partial charge on any atom is -0.307 e. The van der Waals surface area contributed by atoms with Crippen LogP contribution in [0.1, 0.15) is 17.4 Å². The van der Waals surface area contributed by atoms with Gasteiger partial charge in [0.05, 0.1) is 5.69 Å². The average Bonchev–Trinajstić information content (AvgIpc) is 3.41. The highest BCUT2D eigenvalue weighted by Gasteiger charge is 2.43. The summed E-state index contributed by atoms with van der Waals surface area (Å²) >= 11 is 12.1. The Hall–Kier alpha value is -3.74. The number of rotatable bonds is 4. The SMILES string of the molecule is Cc1ccc(N(C(=O)Nc2ccc(Cl)cc2)C2c3cccn3C(=O)N2c2ccc(Cl)cc2)cc1. The van der Waals surface area contributed by atoms with Crippen molar-refractivity contribution < 1.29 is 9.59 Å². The van der Waals surface area contributed by atoms with Crippen LogP contribution in [0, 0.1) is 6.92 Å². The molecule has 8 heteroatoms. The number of hydrogen-bond acceptors (Lipinski definition) is 2. The lowest BCUT2D eigenvalue weighted by atomic mass is 10.1. The Morgan fingerprint density at radius 1 is 0.882 bits per heavy atom. The number of nitrogens with one attached hydrogen (secondary N) is 1. The summed E-state index contributed by atoms with van der Waals surface area (Å²) in [4.78, 5) is 30.4. The molecule has 0 aliphatic carbocycles. The number of halogens is 2. The second kappa shape index (κ2) is 8.89. The molecule has 0 saturated carbocycles. The van der Waals surface area contributed by atoms with Crippen molar-refractivity contribution in [2.75, 3.05) is 15.1 Å². The molecule has 6 nitrogen and oxygen atoms in total. The molecule has 0 saturated heterocycles. The van der Waals surface area contributed by atoms with E-state index in [9.17, 15) is 9.59 Å². The van der Waals surface area contributed by atoms with Gasteiger partial charge in [-0.1, -0.05) is 40.9 Å². The van der Waals surface area contributed by atoms with E-state index in [1.54, 1.807) is 75.2 Å². The van der Waals surface area contributed by atoms with Crippen LogP contribution in [0.15, 0.2) is 91.1 Å². The molecule has 0 fully saturated rings. The number of urea groups is 1. The van der Waals surface area contributed by atoms with Gasteiger partial charge in [0, 0.05) is 33.3 Å². The van der Waals surface area contributed by atoms with Gasteiger partial charge in [0.15, 0.2) is 6.17 Å². The molecule has 1 N–H and O–H groups in total. The van der Waals surface area contributed by atoms with Gasteiger partial charge in [-0.05, 0) is 79.7 Å². The molecule has 3 amide bonds. The maximum atomic E-state index is 13.8. The molecular weight excluding hydrogens is 471 g/mol. The fourth-order valence-electron chi connectivity index (χ4n) is 4.02. The first-order chi connectivity index (χ1) is 16.4. The molecule has 5 rings (SSSR count). The number of fused-ring (bicyclic) bond motifs is 1. The van der Waals surface area contributed by atoms with Gasteiger partial charge in [0.1, 0.15) is 0 Å². The minimum atomic E-state index is -0.723. The van der Waals surface area contributed by atoms with Crippen molar-refractivity contribution in [3.05, 3.63) is 112 Å². The Labute approximate surface area is 206 Å². The number of carbonyl (C=O) groups is 2. The molecule has 170 valence electrons. The third-order valence-electron chi connectivity index (χ3n) is 5.68. The van der Waals surface area contributed by atoms with Gasteiger partial charge in [-0.25, -0.2) is 9.59 Å². The van der Waals surface area contributed by atoms with E-state index in [4.69, 9.17) is 23.2 Å². The number of aryl methyl sites for hydroxylation is 1. The third-order valence-corrected chi connectivity index (χ3v) is 6.18. The fraction of sp³-hybridized carbons (Fsp3) is 0.0769. The molecule has 34 heavy (non-hydrogen) atoms. The third kappa shape index (κ3) is 4.02. The van der Waals surface area contributed by atoms with Crippen molar-refractivity contribution in [3.63, 3.8) is 0 Å². The summed E-state index contributed by atoms with van der Waals surface area (Å²) in [6.07, 6.45) is 0.976. The van der Waals surface area contributed by atoms with E-state index >= 15 is 0 Å². The van der Waals surface area contributed by atoms with Crippen LogP contribution in [-0.4, -0.2) is 16.6 Å². The second-order valence-electron chi connectivity index (χ2n) is 7.95. The molecule has 4 aromatic rings. The second-order valence-corrected chi connectivity index (χ2v) is 8.82. The van der Waals surface area contributed by atoms with Crippen LogP contribution < -0.4 is 15.1 Å². The average molecular weight is 491 g/mol. The van der Waals surface area contributed by atoms with Crippen LogP contribution >= 0.6 is 23.2 Å². The number of carbonyl (C=O) groups excluding carboxylic acids is 2. The molecule has 1 atom stereocenters. The Balaban J connectivity index is 1.62. The van der Waals surface area contributed by atoms with Gasteiger partial charge in [-0.15, -0.1) is 0 Å². The van der Waals surface area contributed by atoms with Gasteiger partial charge in [-0.3, -0.25) is 14.4 Å². The van der Waals surface area contributed by atoms with E-state index in [1.807, 2.05) is 37.3 Å². The molecule has 0 radical (unpaired) electrons. The standard InChI is InChI=1S/C26H20Cl2N4O2/c1-17-4-12-21(13-5-17)31(25(33)29-20-10-6-18(27)7-11-20)24-23-3-2-16-30(23)26(34)32(24)22-14-8-19(28)9-15-22/h2-16,24H,1H3,(H,29,33). The number of benzene rings is 3. The molecule has 1 unspecified atom stereocenters. The summed E-state index contributed by atoms with van der Waals surface area (Å²) in [7, 11) is 0. The predicted molar refractivity (Wildman–Crippen MR) is 136 cm³/mol. The van der Waals surface area contributed by atoms with Gasteiger partial charge in [0.25, 0.3) is 0 Å². The first-order valence-corrected chi connectivity index (χ1v) is 11.4. The zero-order chi connectivity index (χ0) is 23.8. The zero-order valence-electron chi connectivity index (χ0n) is 18.2. The Morgan fingerprint density at radius 2 is 1.50 bits per heavy atom. The highest BCUT2D eigenvalue weighted by molar-refractivity contribution is 6.31. The lowest BCUT2D eigenvalue weighted by Crippen LogP contribution is -2.45. The van der Waals surface area contributed by atoms with Crippen molar-refractivity contribution in [1.29, 1.82) is 0 Å². The number of nitrogens with zero attached hydrogens (tertiary/aromatic N) is 3. The van der Waals surface area contributed by atoms with E-state index in [0.717, 1.165) is 5.56 Å². The summed E-state index contributed by atoms with van der Waals surface area (Å²) < 4.78 is 1.55. The van der Waals surface area contributed by atoms with E-state index in [-0.39, 0.29) is 6.03 Å². The van der Waals surface area contributed by atoms with Crippen molar-refractivity contribution in [2.24, 2.45) is 0 Å². The maximum Gasteiger partial charge on any atom is 0.335 e. The van der Waals surface area contributed by atoms with Crippen LogP contribution in [0.5, 0.6) is 0 Å². The molecule has 3 aromatic carbocycles. The highest BCUT2D eigenvalue weighted by atomic mass is 35.5. The largest absolute Gasteiger partial charge is 0.335 e. The van der Waals surface area contributed by atoms with Crippen molar-refractivity contribution in [1.82, 2.24) is 4.57 Å². The van der Waals surface area contributed by atoms with E-state index in [2.05, 4.69) is 5.32 Å². The van der Waals surface area contributed by atoms with E-state index in [1.165, 1.54) is 0 Å². The molecule has 1 aromatic heterocycles. The first kappa shape index (κ1) is 22.1. The van der Waals surface area contributed by atoms with Crippen LogP contribution in [0.25, 0.3) is 0 Å². The quantitative estimate of drug-likeness (QED) is 0.325. The predicted octanol–water partition coefficient (Wildman–Crippen LogP) is 7.33. The Kier molecular flexibility index (Phi) is 5.77. The lowest BCUT2D eigenvalue weighted by Gasteiger charge is -2.34. The number of anilines is 3. The Bertz CT molecular complexity index is 1350. The summed E-state index contributed by atoms with van der Waals surface area (Å²) in [6.45, 7) is 1.98. The molecule has 1 aliphatic heterocycles. The van der Waals surface area contributed by atoms with Gasteiger partial charge < -0.3 is 5.32 Å². The number of aromatic nitrogens is 1. The Morgan fingerprint density at radius 3 is 2.15 bits per heavy atom. The van der Waals surface area contributed by atoms with Crippen LogP contribution in [0.3, 0.4) is 0 Å². The molecular formula is C26H20Cl2N4O2. The van der Waals surface area contributed by atoms with E-state index < -0.39 is 12.2 Å². The van der Waals surface area contributed by atoms with Crippen molar-refractivity contribution >= 4 is 52.3 Å². The molecule has 0 bridgehead atoms. The fourth-order valence-corrected chi connectivity index (χ4v) is 4.28. The highest BCUT2D eigenvalue weighted by Crippen LogP contribution is 2.40. The molecule has 2 heterocycles. The molecule has 1 aliphatic rings. The van der Waals surface area contributed by atoms with E-state index in [0.29, 0.717) is 32.8 Å². The van der Waals surface area contributed by atoms with Gasteiger partial charge in [0.2, 0.25) is 0 Å². The maximum absolute atomic E-state index is 13.8. The van der Waals surface area contributed by atoms with Gasteiger partial charge >= 0.3 is 12.1 Å². The molecule has 0 spiro atoms. The summed E-state index contributed by atoms with van der Waals surface area (Å²) in [6, 6.07) is 24.4. The van der Waals surface area contributed by atoms with Gasteiger partial charge in [-0.2, -0.15) is 0 Å². The van der Waals surface area contributed by atoms with Crippen LogP contribution in [0.4, 0.5) is 26.7 Å². The summed E-state index contributed by atoms with van der Waals surface area (Å²) in [5.41, 5.74) is 3.58. The van der Waals surface area contributed by atoms with Crippen molar-refractivity contribution in [2.45, 2.75) is 13.1 Å². The van der Waals surface area contributed by atoms with Crippen molar-refractivity contribution in [3.8, 4) is 0 Å². The topological polar surface area (TPSA) is 57.6 Å². The first-order valence-electron chi connectivity index (χ1n) is 10.6. The summed E-state index contributed by atoms with van der Waals surface area (Å²) in [5.74, 6) is 0. The summed E-state index contributed by atoms with van der Waals surface area (Å²) in [5, 5.41) is 4.07. The van der Waals surface area contributed by atoms with Crippen LogP contribution in [-0.2, 0) is 0 Å². The minimum absolute atomic E-state index is 0.260. The zero-order valence-corrected chi connectivity index (χ0v) is 19.7. The lowest BCUT2D eigenvalue weighted by molar-refractivity contribution is 0.248. The normalized spacial score (nSPS) is 14.7. The number of amides is 3.